The van der Waals surface area contributed by atoms with E-state index in [-0.39, 0.29) is 34.7 Å². The molecule has 0 unspecified atom stereocenters. The number of carbonyl (C=O) groups excluding carboxylic acids is 2. The number of hydrogen-bond acceptors (Lipinski definition) is 8. The summed E-state index contributed by atoms with van der Waals surface area (Å²) in [6, 6.07) is 0. The van der Waals surface area contributed by atoms with Gasteiger partial charge in [0, 0.05) is 46.2 Å². The van der Waals surface area contributed by atoms with Crippen molar-refractivity contribution in [3.05, 3.63) is 26.7 Å². The van der Waals surface area contributed by atoms with Gasteiger partial charge >= 0.3 is 11.8 Å². The SMILES string of the molecule is CCOC(=O)N1CCN(C(=O)CSc2nc(C(C)C)nc3c2c(=O)n(C)c(=O)n3C)CC1. The van der Waals surface area contributed by atoms with Crippen LogP contribution < -0.4 is 11.2 Å². The Morgan fingerprint density at radius 2 is 1.66 bits per heavy atom. The molecule has 0 radical (unpaired) electrons. The molecule has 32 heavy (non-hydrogen) atoms. The van der Waals surface area contributed by atoms with E-state index in [1.54, 1.807) is 23.8 Å². The predicted molar refractivity (Wildman–Crippen MR) is 120 cm³/mol. The number of nitrogens with zero attached hydrogens (tertiary/aromatic N) is 6. The predicted octanol–water partition coefficient (Wildman–Crippen LogP) is 0.543. The van der Waals surface area contributed by atoms with Crippen molar-refractivity contribution in [3.8, 4) is 0 Å². The van der Waals surface area contributed by atoms with Gasteiger partial charge in [0.15, 0.2) is 5.65 Å². The third kappa shape index (κ3) is 4.64. The molecule has 2 aromatic heterocycles. The van der Waals surface area contributed by atoms with Crippen LogP contribution in [0.15, 0.2) is 14.6 Å². The van der Waals surface area contributed by atoms with E-state index >= 15 is 0 Å². The second-order valence-corrected chi connectivity index (χ2v) is 8.77. The fraction of sp³-hybridized carbons (Fsp3) is 0.600. The second kappa shape index (κ2) is 9.72. The molecule has 0 atom stereocenters. The van der Waals surface area contributed by atoms with Crippen molar-refractivity contribution in [2.75, 3.05) is 38.5 Å². The highest BCUT2D eigenvalue weighted by Crippen LogP contribution is 2.25. The second-order valence-electron chi connectivity index (χ2n) is 7.80. The number of fused-ring (bicyclic) bond motifs is 1. The number of aryl methyl sites for hydroxylation is 1. The monoisotopic (exact) mass is 464 g/mol. The molecule has 2 amide bonds. The first-order valence-electron chi connectivity index (χ1n) is 10.5. The number of rotatable bonds is 5. The normalized spacial score (nSPS) is 14.3. The zero-order chi connectivity index (χ0) is 23.6. The standard InChI is InChI=1S/C20H28N6O5S/c1-6-31-20(30)26-9-7-25(8-10-26)13(27)11-32-17-14-16(21-15(22-17)12(2)3)23(4)19(29)24(5)18(14)28/h12H,6-11H2,1-5H3. The van der Waals surface area contributed by atoms with Crippen LogP contribution in [0.4, 0.5) is 4.79 Å². The summed E-state index contributed by atoms with van der Waals surface area (Å²) in [5.74, 6) is 0.441. The Hall–Kier alpha value is -2.89. The fourth-order valence-electron chi connectivity index (χ4n) is 3.38. The van der Waals surface area contributed by atoms with Crippen LogP contribution in [0.5, 0.6) is 0 Å². The first-order valence-corrected chi connectivity index (χ1v) is 11.4. The molecular formula is C20H28N6O5S. The van der Waals surface area contributed by atoms with Gasteiger partial charge in [-0.15, -0.1) is 0 Å². The Kier molecular flexibility index (Phi) is 7.22. The number of hydrogen-bond donors (Lipinski definition) is 0. The minimum atomic E-state index is -0.489. The van der Waals surface area contributed by atoms with Gasteiger partial charge in [-0.1, -0.05) is 25.6 Å². The summed E-state index contributed by atoms with van der Waals surface area (Å²) < 4.78 is 7.34. The van der Waals surface area contributed by atoms with Crippen molar-refractivity contribution in [2.24, 2.45) is 14.1 Å². The molecule has 0 saturated carbocycles. The zero-order valence-corrected chi connectivity index (χ0v) is 19.8. The summed E-state index contributed by atoms with van der Waals surface area (Å²) in [5.41, 5.74) is -0.700. The molecule has 3 rings (SSSR count). The van der Waals surface area contributed by atoms with Crippen LogP contribution in [-0.4, -0.2) is 79.4 Å². The minimum Gasteiger partial charge on any atom is -0.450 e. The first-order chi connectivity index (χ1) is 15.1. The molecule has 1 saturated heterocycles. The molecule has 1 fully saturated rings. The van der Waals surface area contributed by atoms with Gasteiger partial charge < -0.3 is 14.5 Å². The Labute approximate surface area is 189 Å². The lowest BCUT2D eigenvalue weighted by molar-refractivity contribution is -0.129. The molecule has 0 spiro atoms. The average molecular weight is 465 g/mol. The molecule has 0 aliphatic carbocycles. The maximum atomic E-state index is 12.8. The summed E-state index contributed by atoms with van der Waals surface area (Å²) in [5, 5.41) is 0.609. The molecule has 1 aliphatic heterocycles. The van der Waals surface area contributed by atoms with E-state index in [1.165, 1.54) is 11.6 Å². The lowest BCUT2D eigenvalue weighted by Gasteiger charge is -2.34. The molecule has 2 aromatic rings. The average Bonchev–Trinajstić information content (AvgIpc) is 2.79. The summed E-state index contributed by atoms with van der Waals surface area (Å²) in [6.45, 7) is 7.54. The molecule has 0 aromatic carbocycles. The minimum absolute atomic E-state index is 0.0236. The van der Waals surface area contributed by atoms with Crippen LogP contribution in [0, 0.1) is 0 Å². The lowest BCUT2D eigenvalue weighted by atomic mass is 10.2. The number of thioether (sulfide) groups is 1. The van der Waals surface area contributed by atoms with Crippen molar-refractivity contribution in [1.29, 1.82) is 0 Å². The summed E-state index contributed by atoms with van der Waals surface area (Å²) in [6.07, 6.45) is -0.371. The van der Waals surface area contributed by atoms with Gasteiger partial charge in [-0.25, -0.2) is 19.6 Å². The number of aromatic nitrogens is 4. The van der Waals surface area contributed by atoms with Gasteiger partial charge in [0.1, 0.15) is 16.2 Å². The van der Waals surface area contributed by atoms with Crippen molar-refractivity contribution < 1.29 is 14.3 Å². The fourth-order valence-corrected chi connectivity index (χ4v) is 4.31. The van der Waals surface area contributed by atoms with Gasteiger partial charge in [0.2, 0.25) is 5.91 Å². The first kappa shape index (κ1) is 23.8. The largest absolute Gasteiger partial charge is 0.450 e. The summed E-state index contributed by atoms with van der Waals surface area (Å²) >= 11 is 1.16. The zero-order valence-electron chi connectivity index (χ0n) is 19.0. The highest BCUT2D eigenvalue weighted by molar-refractivity contribution is 8.00. The number of ether oxygens (including phenoxy) is 1. The molecule has 3 heterocycles. The maximum Gasteiger partial charge on any atom is 0.409 e. The van der Waals surface area contributed by atoms with Crippen LogP contribution in [0.25, 0.3) is 11.0 Å². The third-order valence-electron chi connectivity index (χ3n) is 5.29. The highest BCUT2D eigenvalue weighted by atomic mass is 32.2. The van der Waals surface area contributed by atoms with Crippen LogP contribution in [0.2, 0.25) is 0 Å². The third-order valence-corrected chi connectivity index (χ3v) is 6.25. The van der Waals surface area contributed by atoms with E-state index in [4.69, 9.17) is 4.74 Å². The van der Waals surface area contributed by atoms with Crippen LogP contribution in [0.1, 0.15) is 32.5 Å². The number of amides is 2. The van der Waals surface area contributed by atoms with Gasteiger partial charge in [0.05, 0.1) is 12.4 Å². The topological polar surface area (TPSA) is 120 Å². The Morgan fingerprint density at radius 1 is 1.03 bits per heavy atom. The Balaban J connectivity index is 1.82. The smallest absolute Gasteiger partial charge is 0.409 e. The van der Waals surface area contributed by atoms with E-state index < -0.39 is 11.2 Å². The summed E-state index contributed by atoms with van der Waals surface area (Å²) in [7, 11) is 2.97. The lowest BCUT2D eigenvalue weighted by Crippen LogP contribution is -2.51. The molecule has 11 nitrogen and oxygen atoms in total. The van der Waals surface area contributed by atoms with Crippen molar-refractivity contribution in [1.82, 2.24) is 28.9 Å². The van der Waals surface area contributed by atoms with Gasteiger partial charge in [-0.3, -0.25) is 18.7 Å². The summed E-state index contributed by atoms with van der Waals surface area (Å²) in [4.78, 5) is 62.0. The van der Waals surface area contributed by atoms with Crippen molar-refractivity contribution in [3.63, 3.8) is 0 Å². The van der Waals surface area contributed by atoms with E-state index in [2.05, 4.69) is 9.97 Å². The van der Waals surface area contributed by atoms with Crippen molar-refractivity contribution >= 4 is 34.8 Å². The maximum absolute atomic E-state index is 12.8. The van der Waals surface area contributed by atoms with Crippen LogP contribution >= 0.6 is 11.8 Å². The van der Waals surface area contributed by atoms with Crippen LogP contribution in [-0.2, 0) is 23.6 Å². The van der Waals surface area contributed by atoms with Gasteiger partial charge in [-0.2, -0.15) is 0 Å². The molecule has 12 heteroatoms. The molecule has 0 bridgehead atoms. The van der Waals surface area contributed by atoms with E-state index in [1.807, 2.05) is 13.8 Å². The Morgan fingerprint density at radius 3 is 2.25 bits per heavy atom. The highest BCUT2D eigenvalue weighted by Gasteiger charge is 2.26. The van der Waals surface area contributed by atoms with E-state index in [0.29, 0.717) is 43.6 Å². The van der Waals surface area contributed by atoms with Crippen molar-refractivity contribution in [2.45, 2.75) is 31.7 Å². The number of piperazine rings is 1. The Bertz CT molecular complexity index is 1150. The molecular weight excluding hydrogens is 436 g/mol. The van der Waals surface area contributed by atoms with Gasteiger partial charge in [0.25, 0.3) is 5.56 Å². The molecule has 0 N–H and O–H groups in total. The van der Waals surface area contributed by atoms with E-state index in [0.717, 1.165) is 16.3 Å². The van der Waals surface area contributed by atoms with Crippen LogP contribution in [0.3, 0.4) is 0 Å². The quantitative estimate of drug-likeness (QED) is 0.465. The number of carbonyl (C=O) groups is 2. The molecule has 174 valence electrons. The molecule has 1 aliphatic rings. The van der Waals surface area contributed by atoms with Gasteiger partial charge in [-0.05, 0) is 6.92 Å². The van der Waals surface area contributed by atoms with E-state index in [9.17, 15) is 19.2 Å².